The minimum atomic E-state index is -4.03. The van der Waals surface area contributed by atoms with Gasteiger partial charge in [-0.15, -0.1) is 0 Å². The van der Waals surface area contributed by atoms with E-state index in [2.05, 4.69) is 25.6 Å². The van der Waals surface area contributed by atoms with Gasteiger partial charge in [0.25, 0.3) is 0 Å². The van der Waals surface area contributed by atoms with Crippen LogP contribution in [-0.4, -0.2) is 72.9 Å². The van der Waals surface area contributed by atoms with E-state index in [0.717, 1.165) is 25.7 Å². The lowest BCUT2D eigenvalue weighted by molar-refractivity contribution is -0.201. The Morgan fingerprint density at radius 1 is 1.31 bits per heavy atom. The molecule has 32 heavy (non-hydrogen) atoms. The molecule has 1 aliphatic heterocycles. The summed E-state index contributed by atoms with van der Waals surface area (Å²) in [4.78, 5) is 36.4. The molecule has 14 heteroatoms. The summed E-state index contributed by atoms with van der Waals surface area (Å²) < 4.78 is 23.5. The van der Waals surface area contributed by atoms with Crippen LogP contribution in [-0.2, 0) is 13.8 Å². The Morgan fingerprint density at radius 3 is 2.78 bits per heavy atom. The van der Waals surface area contributed by atoms with Gasteiger partial charge in [-0.1, -0.05) is 19.8 Å². The fraction of sp³-hybridized carbons (Fsp3) is 0.667. The van der Waals surface area contributed by atoms with E-state index < -0.39 is 44.8 Å². The molecular weight excluding hydrogens is 443 g/mol. The molecule has 2 aromatic heterocycles. The molecule has 1 saturated heterocycles. The third-order valence-electron chi connectivity index (χ3n) is 5.72. The largest absolute Gasteiger partial charge is 0.779 e. The molecule has 0 bridgehead atoms. The number of urea groups is 1. The monoisotopic (exact) mass is 469 g/mol. The highest BCUT2D eigenvalue weighted by Crippen LogP contribution is 2.39. The molecule has 5 atom stereocenters. The fourth-order valence-corrected chi connectivity index (χ4v) is 4.46. The maximum absolute atomic E-state index is 12.3. The number of nitrogens with one attached hydrogen (secondary N) is 2. The molecule has 2 aromatic rings. The molecule has 4 N–H and O–H groups in total. The molecule has 1 aliphatic carbocycles. The summed E-state index contributed by atoms with van der Waals surface area (Å²) >= 11 is 0. The van der Waals surface area contributed by atoms with E-state index in [1.54, 1.807) is 0 Å². The number of rotatable bonds is 7. The summed E-state index contributed by atoms with van der Waals surface area (Å²) in [6, 6.07) is -0.265. The predicted molar refractivity (Wildman–Crippen MR) is 110 cm³/mol. The van der Waals surface area contributed by atoms with Crippen LogP contribution in [0.2, 0.25) is 0 Å². The van der Waals surface area contributed by atoms with E-state index in [4.69, 9.17) is 9.26 Å². The minimum Gasteiger partial charge on any atom is -0.779 e. The van der Waals surface area contributed by atoms with Crippen LogP contribution in [0.15, 0.2) is 12.7 Å². The number of fused-ring (bicyclic) bond motifs is 1. The first kappa shape index (κ1) is 23.0. The topological polar surface area (TPSA) is 184 Å². The summed E-state index contributed by atoms with van der Waals surface area (Å²) in [5.74, 6) is 0.187. The first-order valence-corrected chi connectivity index (χ1v) is 12.2. The Labute approximate surface area is 183 Å². The highest BCUT2D eigenvalue weighted by atomic mass is 31.2. The molecule has 2 aliphatic rings. The van der Waals surface area contributed by atoms with Gasteiger partial charge in [0.05, 0.1) is 12.9 Å². The van der Waals surface area contributed by atoms with Crippen molar-refractivity contribution in [2.45, 2.75) is 63.2 Å². The van der Waals surface area contributed by atoms with Crippen LogP contribution in [0.3, 0.4) is 0 Å². The summed E-state index contributed by atoms with van der Waals surface area (Å²) in [5, 5.41) is 26.3. The van der Waals surface area contributed by atoms with Crippen LogP contribution in [0, 0.1) is 0 Å². The molecule has 3 unspecified atom stereocenters. The molecule has 4 rings (SSSR count). The number of aliphatic hydroxyl groups is 2. The first-order valence-electron chi connectivity index (χ1n) is 10.5. The Balaban J connectivity index is 1.49. The molecular formula is C18H26N6O7P-. The van der Waals surface area contributed by atoms with Gasteiger partial charge in [0, 0.05) is 12.2 Å². The van der Waals surface area contributed by atoms with Gasteiger partial charge in [0.15, 0.2) is 23.2 Å². The Hall–Kier alpha value is -2.15. The third-order valence-corrected chi connectivity index (χ3v) is 7.03. The number of imidazole rings is 1. The summed E-state index contributed by atoms with van der Waals surface area (Å²) in [6.07, 6.45) is 1.48. The van der Waals surface area contributed by atoms with E-state index in [0.29, 0.717) is 0 Å². The number of carbonyl (C=O) groups excluding carboxylic acids is 1. The average molecular weight is 469 g/mol. The van der Waals surface area contributed by atoms with Gasteiger partial charge in [-0.2, -0.15) is 0 Å². The summed E-state index contributed by atoms with van der Waals surface area (Å²) in [5.41, 5.74) is 0.533. The zero-order valence-corrected chi connectivity index (χ0v) is 18.4. The second-order valence-electron chi connectivity index (χ2n) is 7.90. The molecule has 2 amide bonds. The lowest BCUT2D eigenvalue weighted by atomic mass is 10.1. The van der Waals surface area contributed by atoms with Crippen molar-refractivity contribution in [3.8, 4) is 0 Å². The number of hydrogen-bond acceptors (Lipinski definition) is 10. The number of nitrogens with zero attached hydrogens (tertiary/aromatic N) is 4. The predicted octanol–water partition coefficient (Wildman–Crippen LogP) is 0.0995. The Bertz CT molecular complexity index is 1010. The third kappa shape index (κ3) is 4.77. The number of amides is 2. The van der Waals surface area contributed by atoms with Crippen LogP contribution in [0.1, 0.15) is 38.8 Å². The lowest BCUT2D eigenvalue weighted by Gasteiger charge is -2.24. The standard InChI is InChI=1S/C18H27N6O7P/c1-2-32(28,29)30-7-11-13(25)14(26)17(31-11)24-9-21-12-15(19-8-20-16(12)24)23-18(27)22-10-5-3-4-6-10/h8-11,13-14,17,25-26H,2-7H2,1H3,(H,28,29)(H2,19,20,22,23,27)/p-1/t11-,13?,14?,17-/m1/s1. The molecule has 176 valence electrons. The van der Waals surface area contributed by atoms with Crippen molar-refractivity contribution in [1.29, 1.82) is 0 Å². The zero-order valence-electron chi connectivity index (χ0n) is 17.5. The number of aliphatic hydroxyl groups excluding tert-OH is 2. The van der Waals surface area contributed by atoms with Crippen molar-refractivity contribution < 1.29 is 33.7 Å². The quantitative estimate of drug-likeness (QED) is 0.406. The highest BCUT2D eigenvalue weighted by Gasteiger charge is 2.44. The molecule has 0 spiro atoms. The van der Waals surface area contributed by atoms with Crippen molar-refractivity contribution in [3.05, 3.63) is 12.7 Å². The molecule has 0 aromatic carbocycles. The Kier molecular flexibility index (Phi) is 6.75. The first-order chi connectivity index (χ1) is 15.3. The van der Waals surface area contributed by atoms with E-state index in [9.17, 15) is 24.5 Å². The smallest absolute Gasteiger partial charge is 0.320 e. The number of aromatic nitrogens is 4. The van der Waals surface area contributed by atoms with Crippen LogP contribution in [0.4, 0.5) is 10.6 Å². The number of ether oxygens (including phenoxy) is 1. The van der Waals surface area contributed by atoms with E-state index in [1.165, 1.54) is 24.1 Å². The SMILES string of the molecule is CCP(=O)([O-])OC[C@H]1O[C@@H](n2cnc3c(NC(=O)NC4CCCC4)ncnc32)C(O)C1O. The molecule has 3 heterocycles. The average Bonchev–Trinajstić information content (AvgIpc) is 3.48. The lowest BCUT2D eigenvalue weighted by Crippen LogP contribution is -2.36. The van der Waals surface area contributed by atoms with Crippen molar-refractivity contribution in [2.24, 2.45) is 0 Å². The van der Waals surface area contributed by atoms with Gasteiger partial charge in [-0.25, -0.2) is 19.7 Å². The van der Waals surface area contributed by atoms with Crippen LogP contribution in [0.25, 0.3) is 11.2 Å². The summed E-state index contributed by atoms with van der Waals surface area (Å²) in [7, 11) is -4.03. The molecule has 0 radical (unpaired) electrons. The molecule has 1 saturated carbocycles. The number of anilines is 1. The van der Waals surface area contributed by atoms with Gasteiger partial charge < -0.3 is 34.2 Å². The number of hydrogen-bond donors (Lipinski definition) is 4. The van der Waals surface area contributed by atoms with Crippen molar-refractivity contribution in [1.82, 2.24) is 24.8 Å². The van der Waals surface area contributed by atoms with Crippen molar-refractivity contribution in [3.63, 3.8) is 0 Å². The highest BCUT2D eigenvalue weighted by molar-refractivity contribution is 7.51. The van der Waals surface area contributed by atoms with Crippen LogP contribution < -0.4 is 15.5 Å². The van der Waals surface area contributed by atoms with Gasteiger partial charge in [0.1, 0.15) is 32.2 Å². The van der Waals surface area contributed by atoms with Gasteiger partial charge in [-0.3, -0.25) is 9.88 Å². The fourth-order valence-electron chi connectivity index (χ4n) is 3.90. The normalized spacial score (nSPS) is 28.1. The van der Waals surface area contributed by atoms with Gasteiger partial charge >= 0.3 is 6.03 Å². The van der Waals surface area contributed by atoms with E-state index in [1.807, 2.05) is 0 Å². The van der Waals surface area contributed by atoms with Crippen LogP contribution >= 0.6 is 7.60 Å². The maximum Gasteiger partial charge on any atom is 0.320 e. The van der Waals surface area contributed by atoms with E-state index >= 15 is 0 Å². The number of carbonyl (C=O) groups is 1. The second kappa shape index (κ2) is 9.38. The van der Waals surface area contributed by atoms with Gasteiger partial charge in [0.2, 0.25) is 0 Å². The van der Waals surface area contributed by atoms with Crippen molar-refractivity contribution >= 4 is 30.6 Å². The summed E-state index contributed by atoms with van der Waals surface area (Å²) in [6.45, 7) is 1.01. The second-order valence-corrected chi connectivity index (χ2v) is 10.0. The molecule has 13 nitrogen and oxygen atoms in total. The molecule has 2 fully saturated rings. The van der Waals surface area contributed by atoms with Crippen LogP contribution in [0.5, 0.6) is 0 Å². The maximum atomic E-state index is 12.3. The van der Waals surface area contributed by atoms with Crippen molar-refractivity contribution in [2.75, 3.05) is 18.1 Å². The van der Waals surface area contributed by atoms with E-state index in [-0.39, 0.29) is 29.2 Å². The Morgan fingerprint density at radius 2 is 2.06 bits per heavy atom. The minimum absolute atomic E-state index is 0.129. The van der Waals surface area contributed by atoms with Gasteiger partial charge in [-0.05, 0) is 12.8 Å². The zero-order chi connectivity index (χ0) is 22.9.